The van der Waals surface area contributed by atoms with Gasteiger partial charge in [0.25, 0.3) is 5.91 Å². The number of rotatable bonds is 4. The van der Waals surface area contributed by atoms with Gasteiger partial charge in [0.15, 0.2) is 0 Å². The summed E-state index contributed by atoms with van der Waals surface area (Å²) in [5.41, 5.74) is 5.12. The number of nitrogens with two attached hydrogens (primary N) is 1. The van der Waals surface area contributed by atoms with Crippen LogP contribution in [0.4, 0.5) is 10.1 Å². The van der Waals surface area contributed by atoms with Gasteiger partial charge < -0.3 is 21.1 Å². The van der Waals surface area contributed by atoms with Crippen LogP contribution in [0.15, 0.2) is 18.2 Å². The molecule has 7 heteroatoms. The highest BCUT2D eigenvalue weighted by atomic mass is 19.1. The summed E-state index contributed by atoms with van der Waals surface area (Å²) in [5, 5.41) is 5.71. The number of anilines is 1. The normalized spacial score (nSPS) is 18.6. The molecule has 0 aromatic heterocycles. The predicted molar refractivity (Wildman–Crippen MR) is 70.8 cm³/mol. The third kappa shape index (κ3) is 3.75. The van der Waals surface area contributed by atoms with Crippen molar-refractivity contribution in [3.63, 3.8) is 0 Å². The van der Waals surface area contributed by atoms with Gasteiger partial charge in [0.2, 0.25) is 5.91 Å². The number of carbonyl (C=O) groups excluding carboxylic acids is 2. The molecule has 1 aromatic carbocycles. The van der Waals surface area contributed by atoms with Crippen molar-refractivity contribution in [2.45, 2.75) is 12.5 Å². The van der Waals surface area contributed by atoms with Gasteiger partial charge in [0, 0.05) is 18.8 Å². The second-order valence-electron chi connectivity index (χ2n) is 4.51. The molecular formula is C13H16FN3O3. The fourth-order valence-electron chi connectivity index (χ4n) is 1.96. The monoisotopic (exact) mass is 281 g/mol. The summed E-state index contributed by atoms with van der Waals surface area (Å²) in [6.07, 6.45) is 0.0100. The van der Waals surface area contributed by atoms with E-state index in [9.17, 15) is 14.0 Å². The van der Waals surface area contributed by atoms with Gasteiger partial charge in [-0.3, -0.25) is 9.59 Å². The number of carbonyl (C=O) groups is 2. The first kappa shape index (κ1) is 14.4. The molecule has 2 amide bonds. The van der Waals surface area contributed by atoms with Crippen molar-refractivity contribution >= 4 is 17.5 Å². The topological polar surface area (TPSA) is 93.5 Å². The molecule has 1 aromatic rings. The van der Waals surface area contributed by atoms with Crippen LogP contribution in [0.3, 0.4) is 0 Å². The molecule has 0 radical (unpaired) electrons. The van der Waals surface area contributed by atoms with E-state index < -0.39 is 11.7 Å². The lowest BCUT2D eigenvalue weighted by Gasteiger charge is -2.23. The Morgan fingerprint density at radius 1 is 1.50 bits per heavy atom. The molecule has 2 rings (SSSR count). The zero-order chi connectivity index (χ0) is 14.5. The Morgan fingerprint density at radius 2 is 2.30 bits per heavy atom. The Labute approximate surface area is 115 Å². The molecule has 0 bridgehead atoms. The molecule has 4 N–H and O–H groups in total. The summed E-state index contributed by atoms with van der Waals surface area (Å²) in [7, 11) is 0. The summed E-state index contributed by atoms with van der Waals surface area (Å²) in [4.78, 5) is 22.8. The van der Waals surface area contributed by atoms with Gasteiger partial charge in [0.05, 0.1) is 24.7 Å². The van der Waals surface area contributed by atoms with Crippen LogP contribution in [0, 0.1) is 5.82 Å². The number of primary amides is 1. The van der Waals surface area contributed by atoms with Crippen LogP contribution in [0.25, 0.3) is 0 Å². The number of nitrogens with one attached hydrogen (secondary N) is 2. The van der Waals surface area contributed by atoms with Gasteiger partial charge in [-0.2, -0.15) is 0 Å². The largest absolute Gasteiger partial charge is 0.375 e. The number of morpholine rings is 1. The average molecular weight is 281 g/mol. The summed E-state index contributed by atoms with van der Waals surface area (Å²) in [6.45, 7) is 1.96. The maximum atomic E-state index is 13.3. The van der Waals surface area contributed by atoms with Crippen LogP contribution in [0.5, 0.6) is 0 Å². The van der Waals surface area contributed by atoms with Crippen LogP contribution in [-0.2, 0) is 9.53 Å². The molecule has 108 valence electrons. The van der Waals surface area contributed by atoms with E-state index in [0.29, 0.717) is 18.8 Å². The fourth-order valence-corrected chi connectivity index (χ4v) is 1.96. The van der Waals surface area contributed by atoms with Crippen molar-refractivity contribution in [1.82, 2.24) is 5.32 Å². The molecule has 1 aliphatic heterocycles. The molecule has 1 aliphatic rings. The molecule has 0 saturated carbocycles. The Kier molecular flexibility index (Phi) is 4.65. The first-order valence-corrected chi connectivity index (χ1v) is 6.28. The third-order valence-corrected chi connectivity index (χ3v) is 2.93. The van der Waals surface area contributed by atoms with Crippen LogP contribution >= 0.6 is 0 Å². The molecule has 1 heterocycles. The van der Waals surface area contributed by atoms with Gasteiger partial charge >= 0.3 is 0 Å². The Hall–Kier alpha value is -1.99. The van der Waals surface area contributed by atoms with Crippen molar-refractivity contribution in [2.75, 3.05) is 25.0 Å². The predicted octanol–water partition coefficient (Wildman–Crippen LogP) is 0.242. The van der Waals surface area contributed by atoms with Crippen LogP contribution in [-0.4, -0.2) is 37.6 Å². The molecule has 1 fully saturated rings. The van der Waals surface area contributed by atoms with Gasteiger partial charge in [-0.25, -0.2) is 4.39 Å². The maximum absolute atomic E-state index is 13.3. The lowest BCUT2D eigenvalue weighted by atomic mass is 10.1. The van der Waals surface area contributed by atoms with E-state index in [0.717, 1.165) is 12.6 Å². The summed E-state index contributed by atoms with van der Waals surface area (Å²) in [6, 6.07) is 3.68. The number of ether oxygens (including phenoxy) is 1. The minimum Gasteiger partial charge on any atom is -0.375 e. The standard InChI is InChI=1S/C13H16FN3O3/c14-11-2-1-8(5-10(11)13(15)19)17-12(18)6-9-7-16-3-4-20-9/h1-2,5,9,16H,3-4,6-7H2,(H2,15,19)(H,17,18). The second-order valence-corrected chi connectivity index (χ2v) is 4.51. The SMILES string of the molecule is NC(=O)c1cc(NC(=O)CC2CNCCO2)ccc1F. The molecule has 6 nitrogen and oxygen atoms in total. The first-order chi connectivity index (χ1) is 9.56. The Balaban J connectivity index is 1.96. The summed E-state index contributed by atoms with van der Waals surface area (Å²) in [5.74, 6) is -1.85. The molecule has 20 heavy (non-hydrogen) atoms. The highest BCUT2D eigenvalue weighted by Gasteiger charge is 2.18. The van der Waals surface area contributed by atoms with Crippen molar-refractivity contribution in [2.24, 2.45) is 5.73 Å². The van der Waals surface area contributed by atoms with E-state index in [2.05, 4.69) is 10.6 Å². The van der Waals surface area contributed by atoms with Crippen molar-refractivity contribution in [1.29, 1.82) is 0 Å². The molecular weight excluding hydrogens is 265 g/mol. The van der Waals surface area contributed by atoms with Gasteiger partial charge in [-0.05, 0) is 18.2 Å². The highest BCUT2D eigenvalue weighted by molar-refractivity contribution is 5.96. The summed E-state index contributed by atoms with van der Waals surface area (Å²) >= 11 is 0. The summed E-state index contributed by atoms with van der Waals surface area (Å²) < 4.78 is 18.7. The van der Waals surface area contributed by atoms with E-state index in [4.69, 9.17) is 10.5 Å². The highest BCUT2D eigenvalue weighted by Crippen LogP contribution is 2.15. The van der Waals surface area contributed by atoms with Crippen LogP contribution in [0.2, 0.25) is 0 Å². The zero-order valence-electron chi connectivity index (χ0n) is 10.8. The Bertz CT molecular complexity index is 516. The number of hydrogen-bond donors (Lipinski definition) is 3. The minimum atomic E-state index is -0.876. The van der Waals surface area contributed by atoms with E-state index >= 15 is 0 Å². The molecule has 1 saturated heterocycles. The Morgan fingerprint density at radius 3 is 2.95 bits per heavy atom. The molecule has 1 unspecified atom stereocenters. The minimum absolute atomic E-state index is 0.181. The van der Waals surface area contributed by atoms with Gasteiger partial charge in [-0.1, -0.05) is 0 Å². The molecule has 0 aliphatic carbocycles. The zero-order valence-corrected chi connectivity index (χ0v) is 10.8. The van der Waals surface area contributed by atoms with E-state index in [1.807, 2.05) is 0 Å². The lowest BCUT2D eigenvalue weighted by Crippen LogP contribution is -2.40. The molecule has 0 spiro atoms. The van der Waals surface area contributed by atoms with Crippen molar-refractivity contribution < 1.29 is 18.7 Å². The number of hydrogen-bond acceptors (Lipinski definition) is 4. The quantitative estimate of drug-likeness (QED) is 0.737. The number of amides is 2. The second kappa shape index (κ2) is 6.44. The fraction of sp³-hybridized carbons (Fsp3) is 0.385. The number of halogens is 1. The first-order valence-electron chi connectivity index (χ1n) is 6.28. The number of benzene rings is 1. The van der Waals surface area contributed by atoms with Gasteiger partial charge in [-0.15, -0.1) is 0 Å². The van der Waals surface area contributed by atoms with E-state index in [1.54, 1.807) is 0 Å². The van der Waals surface area contributed by atoms with Crippen molar-refractivity contribution in [3.8, 4) is 0 Å². The van der Waals surface area contributed by atoms with Crippen LogP contribution in [0.1, 0.15) is 16.8 Å². The maximum Gasteiger partial charge on any atom is 0.251 e. The smallest absolute Gasteiger partial charge is 0.251 e. The van der Waals surface area contributed by atoms with Crippen molar-refractivity contribution in [3.05, 3.63) is 29.6 Å². The van der Waals surface area contributed by atoms with Gasteiger partial charge in [0.1, 0.15) is 5.82 Å². The van der Waals surface area contributed by atoms with Crippen LogP contribution < -0.4 is 16.4 Å². The van der Waals surface area contributed by atoms with E-state index in [1.165, 1.54) is 12.1 Å². The average Bonchev–Trinajstić information content (AvgIpc) is 2.41. The van der Waals surface area contributed by atoms with E-state index in [-0.39, 0.29) is 24.0 Å². The third-order valence-electron chi connectivity index (χ3n) is 2.93. The lowest BCUT2D eigenvalue weighted by molar-refractivity contribution is -0.119. The molecule has 1 atom stereocenters.